The number of esters is 1. The van der Waals surface area contributed by atoms with Gasteiger partial charge < -0.3 is 14.9 Å². The number of hydrogen-bond acceptors (Lipinski definition) is 6. The van der Waals surface area contributed by atoms with E-state index in [1.807, 2.05) is 0 Å². The number of aromatic nitrogens is 3. The molecule has 1 heterocycles. The Labute approximate surface area is 78.4 Å². The maximum atomic E-state index is 11.0. The molecule has 1 aromatic heterocycles. The van der Waals surface area contributed by atoms with Gasteiger partial charge in [0.15, 0.2) is 5.69 Å². The van der Waals surface area contributed by atoms with Crippen LogP contribution >= 0.6 is 0 Å². The van der Waals surface area contributed by atoms with Crippen LogP contribution in [0, 0.1) is 10.1 Å². The van der Waals surface area contributed by atoms with Gasteiger partial charge >= 0.3 is 11.8 Å². The summed E-state index contributed by atoms with van der Waals surface area (Å²) in [6.07, 6.45) is -0.249. The van der Waals surface area contributed by atoms with Gasteiger partial charge in [-0.05, 0) is 11.8 Å². The van der Waals surface area contributed by atoms with E-state index in [1.165, 1.54) is 0 Å². The van der Waals surface area contributed by atoms with Crippen molar-refractivity contribution in [1.82, 2.24) is 15.4 Å². The van der Waals surface area contributed by atoms with Crippen molar-refractivity contribution in [2.45, 2.75) is 13.3 Å². The normalized spacial score (nSPS) is 9.79. The van der Waals surface area contributed by atoms with E-state index in [9.17, 15) is 14.9 Å². The molecular weight excluding hydrogens is 192 g/mol. The summed E-state index contributed by atoms with van der Waals surface area (Å²) >= 11 is 0. The number of carbonyl (C=O) groups is 1. The lowest BCUT2D eigenvalue weighted by Gasteiger charge is -1.97. The summed E-state index contributed by atoms with van der Waals surface area (Å²) in [7, 11) is 0. The summed E-state index contributed by atoms with van der Waals surface area (Å²) in [5.74, 6) is -1.01. The predicted octanol–water partition coefficient (Wildman–Crippen LogP) is -0.181. The average molecular weight is 200 g/mol. The predicted molar refractivity (Wildman–Crippen MR) is 43.4 cm³/mol. The van der Waals surface area contributed by atoms with Gasteiger partial charge in [0, 0.05) is 0 Å². The summed E-state index contributed by atoms with van der Waals surface area (Å²) in [5.41, 5.74) is -0.0200. The Bertz CT molecular complexity index is 347. The molecule has 0 saturated carbocycles. The molecule has 0 bridgehead atoms. The molecule has 14 heavy (non-hydrogen) atoms. The first-order valence-corrected chi connectivity index (χ1v) is 3.84. The lowest BCUT2D eigenvalue weighted by atomic mass is 10.3. The molecule has 0 radical (unpaired) electrons. The molecule has 76 valence electrons. The van der Waals surface area contributed by atoms with Crippen molar-refractivity contribution in [3.63, 3.8) is 0 Å². The second-order valence-electron chi connectivity index (χ2n) is 2.33. The van der Waals surface area contributed by atoms with Gasteiger partial charge in [-0.3, -0.25) is 4.79 Å². The van der Waals surface area contributed by atoms with E-state index in [2.05, 4.69) is 20.1 Å². The van der Waals surface area contributed by atoms with Crippen molar-refractivity contribution >= 4 is 11.8 Å². The molecule has 0 spiro atoms. The number of rotatable bonds is 4. The maximum Gasteiger partial charge on any atom is 0.413 e. The highest BCUT2D eigenvalue weighted by Crippen LogP contribution is 2.11. The lowest BCUT2D eigenvalue weighted by molar-refractivity contribution is -0.390. The number of hydrogen-bond donors (Lipinski definition) is 1. The summed E-state index contributed by atoms with van der Waals surface area (Å²) in [5, 5.41) is 19.2. The number of nitrogens with zero attached hydrogens (tertiary/aromatic N) is 3. The molecule has 0 unspecified atom stereocenters. The van der Waals surface area contributed by atoms with Crippen molar-refractivity contribution in [3.05, 3.63) is 15.8 Å². The van der Waals surface area contributed by atoms with Gasteiger partial charge in [0.05, 0.1) is 18.1 Å². The van der Waals surface area contributed by atoms with Crippen molar-refractivity contribution < 1.29 is 14.5 Å². The molecule has 0 fully saturated rings. The minimum atomic E-state index is -0.710. The van der Waals surface area contributed by atoms with E-state index in [1.54, 1.807) is 6.92 Å². The van der Waals surface area contributed by atoms with Crippen molar-refractivity contribution in [3.8, 4) is 0 Å². The smallest absolute Gasteiger partial charge is 0.413 e. The van der Waals surface area contributed by atoms with Crippen LogP contribution in [-0.4, -0.2) is 32.9 Å². The van der Waals surface area contributed by atoms with Crippen LogP contribution in [0.2, 0.25) is 0 Å². The van der Waals surface area contributed by atoms with Crippen molar-refractivity contribution in [2.75, 3.05) is 6.61 Å². The standard InChI is InChI=1S/C6H8N4O4/c1-2-14-5(11)3-4-6(10(12)13)8-9-7-4/h2-3H2,1H3,(H,7,8,9). The number of nitrogens with one attached hydrogen (secondary N) is 1. The zero-order valence-corrected chi connectivity index (χ0v) is 7.39. The minimum absolute atomic E-state index is 0.0200. The largest absolute Gasteiger partial charge is 0.466 e. The second-order valence-corrected chi connectivity index (χ2v) is 2.33. The van der Waals surface area contributed by atoms with Gasteiger partial charge in [-0.25, -0.2) is 0 Å². The molecule has 1 rings (SSSR count). The topological polar surface area (TPSA) is 111 Å². The van der Waals surface area contributed by atoms with Crippen LogP contribution in [0.1, 0.15) is 12.6 Å². The second kappa shape index (κ2) is 4.30. The third kappa shape index (κ3) is 2.25. The van der Waals surface area contributed by atoms with E-state index in [4.69, 9.17) is 0 Å². The zero-order chi connectivity index (χ0) is 10.6. The minimum Gasteiger partial charge on any atom is -0.466 e. The molecule has 0 atom stereocenters. The summed E-state index contributed by atoms with van der Waals surface area (Å²) in [6, 6.07) is 0. The van der Waals surface area contributed by atoms with Crippen LogP contribution in [0.15, 0.2) is 0 Å². The van der Waals surface area contributed by atoms with E-state index >= 15 is 0 Å². The molecule has 0 amide bonds. The fourth-order valence-corrected chi connectivity index (χ4v) is 0.861. The fraction of sp³-hybridized carbons (Fsp3) is 0.500. The van der Waals surface area contributed by atoms with Gasteiger partial charge in [0.2, 0.25) is 0 Å². The number of aromatic amines is 1. The first-order valence-electron chi connectivity index (χ1n) is 3.84. The molecule has 0 aliphatic heterocycles. The Kier molecular flexibility index (Phi) is 3.10. The van der Waals surface area contributed by atoms with Crippen LogP contribution in [-0.2, 0) is 16.0 Å². The zero-order valence-electron chi connectivity index (χ0n) is 7.39. The monoisotopic (exact) mass is 200 g/mol. The lowest BCUT2D eigenvalue weighted by Crippen LogP contribution is -2.09. The SMILES string of the molecule is CCOC(=O)Cc1n[nH]nc1[N+](=O)[O-]. The van der Waals surface area contributed by atoms with Crippen molar-refractivity contribution in [1.29, 1.82) is 0 Å². The molecule has 0 aromatic carbocycles. The van der Waals surface area contributed by atoms with Crippen LogP contribution < -0.4 is 0 Å². The molecule has 0 saturated heterocycles. The Morgan fingerprint density at radius 3 is 2.93 bits per heavy atom. The highest BCUT2D eigenvalue weighted by atomic mass is 16.6. The van der Waals surface area contributed by atoms with Gasteiger partial charge in [-0.15, -0.1) is 10.3 Å². The van der Waals surface area contributed by atoms with Crippen LogP contribution in [0.3, 0.4) is 0 Å². The summed E-state index contributed by atoms with van der Waals surface area (Å²) < 4.78 is 4.61. The maximum absolute atomic E-state index is 11.0. The van der Waals surface area contributed by atoms with E-state index < -0.39 is 16.7 Å². The Hall–Kier alpha value is -1.99. The molecule has 1 N–H and O–H groups in total. The van der Waals surface area contributed by atoms with E-state index in [0.29, 0.717) is 0 Å². The molecular formula is C6H8N4O4. The molecule has 0 aliphatic rings. The Morgan fingerprint density at radius 2 is 2.36 bits per heavy atom. The third-order valence-electron chi connectivity index (χ3n) is 1.39. The highest BCUT2D eigenvalue weighted by Gasteiger charge is 2.22. The highest BCUT2D eigenvalue weighted by molar-refractivity contribution is 5.72. The average Bonchev–Trinajstić information content (AvgIpc) is 2.52. The first kappa shape index (κ1) is 10.1. The van der Waals surface area contributed by atoms with Crippen LogP contribution in [0.4, 0.5) is 5.82 Å². The molecule has 8 heteroatoms. The molecule has 1 aromatic rings. The van der Waals surface area contributed by atoms with E-state index in [-0.39, 0.29) is 18.7 Å². The quantitative estimate of drug-likeness (QED) is 0.410. The van der Waals surface area contributed by atoms with Gasteiger partial charge in [0.25, 0.3) is 0 Å². The van der Waals surface area contributed by atoms with E-state index in [0.717, 1.165) is 0 Å². The third-order valence-corrected chi connectivity index (χ3v) is 1.39. The number of carbonyl (C=O) groups excluding carboxylic acids is 1. The number of nitro groups is 1. The number of H-pyrrole nitrogens is 1. The van der Waals surface area contributed by atoms with Crippen molar-refractivity contribution in [2.24, 2.45) is 0 Å². The van der Waals surface area contributed by atoms with Gasteiger partial charge in [0.1, 0.15) is 0 Å². The summed E-state index contributed by atoms with van der Waals surface area (Å²) in [6.45, 7) is 1.87. The van der Waals surface area contributed by atoms with Gasteiger partial charge in [-0.1, -0.05) is 0 Å². The first-order chi connectivity index (χ1) is 6.65. The summed E-state index contributed by atoms with van der Waals surface area (Å²) in [4.78, 5) is 20.6. The Morgan fingerprint density at radius 1 is 1.64 bits per heavy atom. The van der Waals surface area contributed by atoms with Crippen LogP contribution in [0.25, 0.3) is 0 Å². The molecule has 0 aliphatic carbocycles. The molecule has 8 nitrogen and oxygen atoms in total. The Balaban J connectivity index is 2.71. The van der Waals surface area contributed by atoms with Crippen LogP contribution in [0.5, 0.6) is 0 Å². The number of ether oxygens (including phenoxy) is 1. The van der Waals surface area contributed by atoms with Gasteiger partial charge in [-0.2, -0.15) is 0 Å². The fourth-order valence-electron chi connectivity index (χ4n) is 0.861.